The highest BCUT2D eigenvalue weighted by Gasteiger charge is 2.46. The van der Waals surface area contributed by atoms with Crippen LogP contribution in [0.2, 0.25) is 0 Å². The van der Waals surface area contributed by atoms with Crippen LogP contribution in [0.5, 0.6) is 11.5 Å². The second kappa shape index (κ2) is 12.2. The number of aromatic amines is 1. The summed E-state index contributed by atoms with van der Waals surface area (Å²) in [6.07, 6.45) is 1.74. The number of aromatic nitrogens is 1. The van der Waals surface area contributed by atoms with E-state index < -0.39 is 5.41 Å². The van der Waals surface area contributed by atoms with Gasteiger partial charge in [-0.3, -0.25) is 4.79 Å². The lowest BCUT2D eigenvalue weighted by molar-refractivity contribution is 0.103. The molecule has 1 N–H and O–H groups in total. The lowest BCUT2D eigenvalue weighted by Gasteiger charge is -2.34. The van der Waals surface area contributed by atoms with E-state index in [0.717, 1.165) is 14.7 Å². The van der Waals surface area contributed by atoms with Gasteiger partial charge in [0.1, 0.15) is 24.7 Å². The van der Waals surface area contributed by atoms with Gasteiger partial charge in [-0.05, 0) is 113 Å². The molecule has 1 aliphatic rings. The largest absolute Gasteiger partial charge is 0.490 e. The summed E-state index contributed by atoms with van der Waals surface area (Å²) in [4.78, 5) is 15.5. The van der Waals surface area contributed by atoms with Crippen LogP contribution in [0.3, 0.4) is 0 Å². The summed E-state index contributed by atoms with van der Waals surface area (Å²) < 4.78 is 14.1. The summed E-state index contributed by atoms with van der Waals surface area (Å²) in [5.41, 5.74) is 9.25. The molecule has 0 unspecified atom stereocenters. The van der Waals surface area contributed by atoms with Crippen LogP contribution in [0.4, 0.5) is 0 Å². The number of rotatable bonds is 9. The van der Waals surface area contributed by atoms with E-state index in [2.05, 4.69) is 117 Å². The van der Waals surface area contributed by atoms with Crippen LogP contribution in [0.15, 0.2) is 136 Å². The van der Waals surface area contributed by atoms with Gasteiger partial charge in [0.25, 0.3) is 0 Å². The maximum absolute atomic E-state index is 12.5. The molecule has 6 heteroatoms. The molecule has 7 rings (SSSR count). The third-order valence-electron chi connectivity index (χ3n) is 8.41. The number of ether oxygens (including phenoxy) is 2. The molecule has 0 atom stereocenters. The van der Waals surface area contributed by atoms with Gasteiger partial charge >= 0.3 is 0 Å². The summed E-state index contributed by atoms with van der Waals surface area (Å²) in [7, 11) is 0. The molecular weight excluding hydrogens is 690 g/mol. The Kier molecular flexibility index (Phi) is 7.94. The normalized spacial score (nSPS) is 12.8. The molecule has 0 saturated carbocycles. The van der Waals surface area contributed by atoms with E-state index in [1.807, 2.05) is 30.3 Å². The fraction of sp³-hybridized carbons (Fsp3) is 0.103. The van der Waals surface area contributed by atoms with Crippen molar-refractivity contribution in [2.75, 3.05) is 13.2 Å². The third kappa shape index (κ3) is 5.43. The molecule has 45 heavy (non-hydrogen) atoms. The molecule has 222 valence electrons. The monoisotopic (exact) mass is 717 g/mol. The Hall–Kier alpha value is -4.39. The number of aryl methyl sites for hydroxylation is 1. The lowest BCUT2D eigenvalue weighted by atomic mass is 9.67. The molecule has 0 fully saturated rings. The predicted molar refractivity (Wildman–Crippen MR) is 186 cm³/mol. The van der Waals surface area contributed by atoms with Gasteiger partial charge < -0.3 is 14.5 Å². The maximum atomic E-state index is 12.5. The van der Waals surface area contributed by atoms with E-state index in [-0.39, 0.29) is 5.78 Å². The van der Waals surface area contributed by atoms with E-state index in [9.17, 15) is 4.79 Å². The van der Waals surface area contributed by atoms with Crippen molar-refractivity contribution in [2.45, 2.75) is 12.3 Å². The molecule has 1 heterocycles. The lowest BCUT2D eigenvalue weighted by Crippen LogP contribution is -2.28. The van der Waals surface area contributed by atoms with Crippen LogP contribution in [0.1, 0.15) is 43.9 Å². The topological polar surface area (TPSA) is 51.3 Å². The van der Waals surface area contributed by atoms with Gasteiger partial charge in [-0.15, -0.1) is 0 Å². The van der Waals surface area contributed by atoms with Crippen LogP contribution >= 0.6 is 31.9 Å². The van der Waals surface area contributed by atoms with Crippen molar-refractivity contribution < 1.29 is 14.3 Å². The number of carbonyl (C=O) groups is 1. The van der Waals surface area contributed by atoms with E-state index in [0.29, 0.717) is 30.2 Å². The Labute approximate surface area is 279 Å². The maximum Gasteiger partial charge on any atom is 0.209 e. The van der Waals surface area contributed by atoms with Gasteiger partial charge in [0.2, 0.25) is 5.78 Å². The summed E-state index contributed by atoms with van der Waals surface area (Å²) >= 11 is 7.51. The molecule has 0 spiro atoms. The summed E-state index contributed by atoms with van der Waals surface area (Å²) in [5.74, 6) is 1.41. The standard InChI is InChI=1S/C39H29Br2NO3/c1-25-4-8-27(9-5-25)39(35-23-29(40)12-18-33(35)34-19-13-30(41)24-36(34)39)28-10-16-32(17-11-28)45-22-21-44-31-14-6-26(7-15-31)38(43)37-3-2-20-42-37/h2-20,23-24,42H,21-22H2,1H3. The molecule has 0 bridgehead atoms. The Morgan fingerprint density at radius 3 is 1.69 bits per heavy atom. The van der Waals surface area contributed by atoms with E-state index in [4.69, 9.17) is 9.47 Å². The highest BCUT2D eigenvalue weighted by molar-refractivity contribution is 9.10. The van der Waals surface area contributed by atoms with Crippen LogP contribution in [-0.4, -0.2) is 24.0 Å². The van der Waals surface area contributed by atoms with Crippen molar-refractivity contribution in [3.8, 4) is 22.6 Å². The number of nitrogens with one attached hydrogen (secondary N) is 1. The van der Waals surface area contributed by atoms with Crippen molar-refractivity contribution in [1.82, 2.24) is 4.98 Å². The van der Waals surface area contributed by atoms with E-state index >= 15 is 0 Å². The molecule has 1 aromatic heterocycles. The van der Waals surface area contributed by atoms with Gasteiger partial charge in [0.15, 0.2) is 0 Å². The SMILES string of the molecule is Cc1ccc(C2(c3ccc(OCCOc4ccc(C(=O)c5ccc[nH]5)cc4)cc3)c3cc(Br)ccc3-c3ccc(Br)cc32)cc1. The van der Waals surface area contributed by atoms with Crippen LogP contribution in [-0.2, 0) is 5.41 Å². The minimum atomic E-state index is -0.498. The van der Waals surface area contributed by atoms with Gasteiger partial charge in [0, 0.05) is 20.7 Å². The minimum Gasteiger partial charge on any atom is -0.490 e. The zero-order valence-corrected chi connectivity index (χ0v) is 27.7. The van der Waals surface area contributed by atoms with Crippen molar-refractivity contribution in [3.63, 3.8) is 0 Å². The zero-order valence-electron chi connectivity index (χ0n) is 24.5. The molecule has 0 radical (unpaired) electrons. The van der Waals surface area contributed by atoms with Crippen molar-refractivity contribution >= 4 is 37.6 Å². The average molecular weight is 719 g/mol. The number of benzene rings is 5. The molecule has 0 aliphatic heterocycles. The Morgan fingerprint density at radius 1 is 0.667 bits per heavy atom. The fourth-order valence-corrected chi connectivity index (χ4v) is 7.03. The molecule has 1 aliphatic carbocycles. The number of halogens is 2. The molecule has 6 aromatic rings. The Bertz CT molecular complexity index is 1930. The van der Waals surface area contributed by atoms with Crippen LogP contribution < -0.4 is 9.47 Å². The van der Waals surface area contributed by atoms with Crippen molar-refractivity contribution in [3.05, 3.63) is 176 Å². The van der Waals surface area contributed by atoms with E-state index in [1.54, 1.807) is 24.4 Å². The van der Waals surface area contributed by atoms with Gasteiger partial charge in [-0.1, -0.05) is 86.0 Å². The highest BCUT2D eigenvalue weighted by Crippen LogP contribution is 2.57. The Morgan fingerprint density at radius 2 is 1.18 bits per heavy atom. The van der Waals surface area contributed by atoms with E-state index in [1.165, 1.54) is 38.9 Å². The van der Waals surface area contributed by atoms with Gasteiger partial charge in [-0.2, -0.15) is 0 Å². The zero-order chi connectivity index (χ0) is 31.0. The molecule has 4 nitrogen and oxygen atoms in total. The number of hydrogen-bond acceptors (Lipinski definition) is 3. The predicted octanol–water partition coefficient (Wildman–Crippen LogP) is 9.90. The first-order valence-corrected chi connectivity index (χ1v) is 16.3. The second-order valence-corrected chi connectivity index (χ2v) is 13.0. The first-order valence-electron chi connectivity index (χ1n) is 14.8. The summed E-state index contributed by atoms with van der Waals surface area (Å²) in [6, 6.07) is 41.2. The van der Waals surface area contributed by atoms with Gasteiger partial charge in [0.05, 0.1) is 11.1 Å². The molecule has 5 aromatic carbocycles. The number of carbonyl (C=O) groups excluding carboxylic acids is 1. The minimum absolute atomic E-state index is 0.0488. The number of ketones is 1. The highest BCUT2D eigenvalue weighted by atomic mass is 79.9. The number of fused-ring (bicyclic) bond motifs is 3. The van der Waals surface area contributed by atoms with Crippen molar-refractivity contribution in [1.29, 1.82) is 0 Å². The van der Waals surface area contributed by atoms with Crippen molar-refractivity contribution in [2.24, 2.45) is 0 Å². The second-order valence-electron chi connectivity index (χ2n) is 11.2. The number of H-pyrrole nitrogens is 1. The quantitative estimate of drug-likeness (QED) is 0.119. The summed E-state index contributed by atoms with van der Waals surface area (Å²) in [6.45, 7) is 2.88. The molecular formula is C39H29Br2NO3. The van der Waals surface area contributed by atoms with Crippen LogP contribution in [0.25, 0.3) is 11.1 Å². The third-order valence-corrected chi connectivity index (χ3v) is 9.40. The average Bonchev–Trinajstić information content (AvgIpc) is 3.69. The van der Waals surface area contributed by atoms with Crippen LogP contribution in [0, 0.1) is 6.92 Å². The number of hydrogen-bond donors (Lipinski definition) is 1. The Balaban J connectivity index is 1.12. The first-order chi connectivity index (χ1) is 21.9. The first kappa shape index (κ1) is 29.3. The molecule has 0 saturated heterocycles. The smallest absolute Gasteiger partial charge is 0.209 e. The summed E-state index contributed by atoms with van der Waals surface area (Å²) in [5, 5.41) is 0. The molecule has 0 amide bonds. The van der Waals surface area contributed by atoms with Gasteiger partial charge in [-0.25, -0.2) is 0 Å². The fourth-order valence-electron chi connectivity index (χ4n) is 6.31.